The Bertz CT molecular complexity index is 203. The van der Waals surface area contributed by atoms with Crippen molar-refractivity contribution in [2.75, 3.05) is 40.3 Å². The van der Waals surface area contributed by atoms with E-state index in [1.165, 1.54) is 45.3 Å². The number of likely N-dealkylation sites (tertiary alicyclic amines) is 1. The Labute approximate surface area is 93.6 Å². The third-order valence-electron chi connectivity index (χ3n) is 3.76. The zero-order valence-corrected chi connectivity index (χ0v) is 10.2. The van der Waals surface area contributed by atoms with Crippen LogP contribution in [0.4, 0.5) is 0 Å². The van der Waals surface area contributed by atoms with E-state index in [1.54, 1.807) is 0 Å². The van der Waals surface area contributed by atoms with E-state index >= 15 is 0 Å². The normalized spacial score (nSPS) is 27.2. The second kappa shape index (κ2) is 4.40. The van der Waals surface area contributed by atoms with Gasteiger partial charge in [0.15, 0.2) is 0 Å². The minimum absolute atomic E-state index is 0.203. The van der Waals surface area contributed by atoms with Crippen LogP contribution in [0.25, 0.3) is 0 Å². The molecule has 0 unspecified atom stereocenters. The molecule has 0 aromatic carbocycles. The monoisotopic (exact) mass is 211 g/mol. The average Bonchev–Trinajstić information content (AvgIpc) is 2.86. The molecule has 0 radical (unpaired) electrons. The number of piperidine rings is 1. The van der Waals surface area contributed by atoms with Gasteiger partial charge in [0.25, 0.3) is 0 Å². The van der Waals surface area contributed by atoms with Crippen LogP contribution in [0.15, 0.2) is 0 Å². The van der Waals surface area contributed by atoms with Gasteiger partial charge >= 0.3 is 0 Å². The molecule has 15 heavy (non-hydrogen) atoms. The zero-order valence-electron chi connectivity index (χ0n) is 10.2. The summed E-state index contributed by atoms with van der Waals surface area (Å²) in [4.78, 5) is 4.88. The quantitative estimate of drug-likeness (QED) is 0.745. The Morgan fingerprint density at radius 1 is 1.27 bits per heavy atom. The van der Waals surface area contributed by atoms with Gasteiger partial charge in [-0.3, -0.25) is 0 Å². The first-order valence-corrected chi connectivity index (χ1v) is 6.23. The molecule has 0 amide bonds. The zero-order chi connectivity index (χ0) is 10.9. The lowest BCUT2D eigenvalue weighted by Crippen LogP contribution is -2.44. The van der Waals surface area contributed by atoms with E-state index in [4.69, 9.17) is 5.73 Å². The van der Waals surface area contributed by atoms with E-state index in [0.717, 1.165) is 12.5 Å². The van der Waals surface area contributed by atoms with E-state index in [2.05, 4.69) is 23.9 Å². The minimum atomic E-state index is 0.203. The van der Waals surface area contributed by atoms with Gasteiger partial charge in [-0.2, -0.15) is 0 Å². The van der Waals surface area contributed by atoms with Crippen molar-refractivity contribution in [3.63, 3.8) is 0 Å². The Balaban J connectivity index is 1.67. The molecule has 1 saturated heterocycles. The smallest absolute Gasteiger partial charge is 0.0284 e. The second-order valence-corrected chi connectivity index (χ2v) is 5.84. The van der Waals surface area contributed by atoms with E-state index in [-0.39, 0.29) is 5.54 Å². The summed E-state index contributed by atoms with van der Waals surface area (Å²) in [7, 11) is 4.34. The maximum Gasteiger partial charge on any atom is 0.0284 e. The summed E-state index contributed by atoms with van der Waals surface area (Å²) in [6.45, 7) is 4.91. The highest BCUT2D eigenvalue weighted by Gasteiger charge is 2.40. The summed E-state index contributed by atoms with van der Waals surface area (Å²) in [5.74, 6) is 0.907. The van der Waals surface area contributed by atoms with Gasteiger partial charge in [0.2, 0.25) is 0 Å². The molecule has 0 spiro atoms. The van der Waals surface area contributed by atoms with Crippen molar-refractivity contribution in [3.05, 3.63) is 0 Å². The Morgan fingerprint density at radius 3 is 2.33 bits per heavy atom. The van der Waals surface area contributed by atoms with Crippen LogP contribution in [0.1, 0.15) is 25.7 Å². The van der Waals surface area contributed by atoms with Gasteiger partial charge in [0.05, 0.1) is 0 Å². The van der Waals surface area contributed by atoms with E-state index in [0.29, 0.717) is 0 Å². The van der Waals surface area contributed by atoms with Crippen LogP contribution in [0.3, 0.4) is 0 Å². The molecule has 2 N–H and O–H groups in total. The van der Waals surface area contributed by atoms with Crippen LogP contribution in [0.5, 0.6) is 0 Å². The van der Waals surface area contributed by atoms with E-state index in [9.17, 15) is 0 Å². The van der Waals surface area contributed by atoms with Crippen molar-refractivity contribution < 1.29 is 0 Å². The fraction of sp³-hybridized carbons (Fsp3) is 1.00. The fourth-order valence-electron chi connectivity index (χ4n) is 2.61. The first-order valence-electron chi connectivity index (χ1n) is 6.23. The van der Waals surface area contributed by atoms with Crippen molar-refractivity contribution in [2.45, 2.75) is 31.2 Å². The van der Waals surface area contributed by atoms with Crippen molar-refractivity contribution in [3.8, 4) is 0 Å². The molecule has 0 aromatic heterocycles. The number of nitrogens with two attached hydrogens (primary N) is 1. The third kappa shape index (κ3) is 3.44. The molecule has 3 heteroatoms. The number of hydrogen-bond donors (Lipinski definition) is 1. The van der Waals surface area contributed by atoms with E-state index in [1.807, 2.05) is 0 Å². The summed E-state index contributed by atoms with van der Waals surface area (Å²) >= 11 is 0. The maximum atomic E-state index is 6.14. The highest BCUT2D eigenvalue weighted by molar-refractivity contribution is 5.01. The average molecular weight is 211 g/mol. The first kappa shape index (κ1) is 11.4. The molecule has 2 rings (SSSR count). The molecule has 3 nitrogen and oxygen atoms in total. The molecule has 1 heterocycles. The van der Waals surface area contributed by atoms with Crippen LogP contribution < -0.4 is 5.73 Å². The molecule has 0 aromatic rings. The number of nitrogens with zero attached hydrogens (tertiary/aromatic N) is 2. The lowest BCUT2D eigenvalue weighted by Gasteiger charge is -2.34. The lowest BCUT2D eigenvalue weighted by molar-refractivity contribution is 0.153. The van der Waals surface area contributed by atoms with Gasteiger partial charge in [-0.15, -0.1) is 0 Å². The summed E-state index contributed by atoms with van der Waals surface area (Å²) < 4.78 is 0. The molecular weight excluding hydrogens is 186 g/mol. The van der Waals surface area contributed by atoms with Crippen molar-refractivity contribution in [1.29, 1.82) is 0 Å². The van der Waals surface area contributed by atoms with Gasteiger partial charge in [-0.05, 0) is 58.8 Å². The Morgan fingerprint density at radius 2 is 1.87 bits per heavy atom. The summed E-state index contributed by atoms with van der Waals surface area (Å²) in [6.07, 6.45) is 5.19. The highest BCUT2D eigenvalue weighted by Crippen LogP contribution is 2.33. The van der Waals surface area contributed by atoms with Gasteiger partial charge in [-0.25, -0.2) is 0 Å². The number of hydrogen-bond acceptors (Lipinski definition) is 3. The summed E-state index contributed by atoms with van der Waals surface area (Å²) in [5.41, 5.74) is 6.35. The Kier molecular flexibility index (Phi) is 3.33. The molecule has 88 valence electrons. The standard InChI is InChI=1S/C12H25N3/c1-14(2)9-11-3-7-15(8-4-11)10-12(13)5-6-12/h11H,3-10,13H2,1-2H3. The minimum Gasteiger partial charge on any atom is -0.324 e. The molecule has 2 fully saturated rings. The SMILES string of the molecule is CN(C)CC1CCN(CC2(N)CC2)CC1. The molecule has 0 bridgehead atoms. The van der Waals surface area contributed by atoms with Gasteiger partial charge in [0, 0.05) is 18.6 Å². The lowest BCUT2D eigenvalue weighted by atomic mass is 9.96. The van der Waals surface area contributed by atoms with Crippen LogP contribution in [-0.4, -0.2) is 55.6 Å². The van der Waals surface area contributed by atoms with E-state index < -0.39 is 0 Å². The molecule has 1 aliphatic heterocycles. The van der Waals surface area contributed by atoms with Crippen molar-refractivity contribution in [2.24, 2.45) is 11.7 Å². The highest BCUT2D eigenvalue weighted by atomic mass is 15.2. The predicted octanol–water partition coefficient (Wildman–Crippen LogP) is 0.751. The first-order chi connectivity index (χ1) is 7.07. The van der Waals surface area contributed by atoms with Gasteiger partial charge in [0.1, 0.15) is 0 Å². The van der Waals surface area contributed by atoms with Gasteiger partial charge < -0.3 is 15.5 Å². The topological polar surface area (TPSA) is 32.5 Å². The predicted molar refractivity (Wildman–Crippen MR) is 63.9 cm³/mol. The third-order valence-corrected chi connectivity index (χ3v) is 3.76. The summed E-state index contributed by atoms with van der Waals surface area (Å²) in [5, 5.41) is 0. The largest absolute Gasteiger partial charge is 0.324 e. The van der Waals surface area contributed by atoms with Crippen LogP contribution in [0, 0.1) is 5.92 Å². The molecule has 2 aliphatic rings. The van der Waals surface area contributed by atoms with Crippen LogP contribution in [0.2, 0.25) is 0 Å². The molecule has 1 aliphatic carbocycles. The van der Waals surface area contributed by atoms with Gasteiger partial charge in [-0.1, -0.05) is 0 Å². The number of rotatable bonds is 4. The second-order valence-electron chi connectivity index (χ2n) is 5.84. The molecule has 1 saturated carbocycles. The van der Waals surface area contributed by atoms with Crippen LogP contribution in [-0.2, 0) is 0 Å². The molecular formula is C12H25N3. The fourth-order valence-corrected chi connectivity index (χ4v) is 2.61. The van der Waals surface area contributed by atoms with Crippen molar-refractivity contribution >= 4 is 0 Å². The molecule has 0 atom stereocenters. The summed E-state index contributed by atoms with van der Waals surface area (Å²) in [6, 6.07) is 0. The Hall–Kier alpha value is -0.120. The maximum absolute atomic E-state index is 6.14. The van der Waals surface area contributed by atoms with Crippen molar-refractivity contribution in [1.82, 2.24) is 9.80 Å². The van der Waals surface area contributed by atoms with Crippen LogP contribution >= 0.6 is 0 Å².